The molecule has 0 N–H and O–H groups in total. The van der Waals surface area contributed by atoms with E-state index < -0.39 is 0 Å². The van der Waals surface area contributed by atoms with Gasteiger partial charge >= 0.3 is 0 Å². The summed E-state index contributed by atoms with van der Waals surface area (Å²) in [4.78, 5) is 19.0. The molecule has 6 nitrogen and oxygen atoms in total. The van der Waals surface area contributed by atoms with Crippen molar-refractivity contribution < 1.29 is 14.1 Å². The summed E-state index contributed by atoms with van der Waals surface area (Å²) in [6, 6.07) is 7.69. The van der Waals surface area contributed by atoms with Crippen LogP contribution in [0.25, 0.3) is 11.5 Å². The minimum absolute atomic E-state index is 0.00714. The Morgan fingerprint density at radius 1 is 1.19 bits per heavy atom. The number of hydrogen-bond acceptors (Lipinski definition) is 5. The molecule has 1 aliphatic heterocycles. The number of para-hydroxylation sites is 1. The summed E-state index contributed by atoms with van der Waals surface area (Å²) in [5.74, 6) is 2.33. The number of benzene rings is 1. The number of nitrogens with zero attached hydrogens (tertiary/aromatic N) is 3. The number of carbonyl (C=O) groups excluding carboxylic acids is 1. The first-order chi connectivity index (χ1) is 12.7. The molecule has 2 heterocycles. The third-order valence-corrected chi connectivity index (χ3v) is 5.35. The lowest BCUT2D eigenvalue weighted by atomic mass is 9.88. The van der Waals surface area contributed by atoms with Crippen LogP contribution in [0.15, 0.2) is 28.8 Å². The van der Waals surface area contributed by atoms with E-state index in [2.05, 4.69) is 10.1 Å². The molecule has 1 aliphatic carbocycles. The quantitative estimate of drug-likeness (QED) is 0.838. The number of ether oxygens (including phenoxy) is 1. The molecule has 26 heavy (non-hydrogen) atoms. The van der Waals surface area contributed by atoms with Crippen molar-refractivity contribution in [2.24, 2.45) is 5.92 Å². The van der Waals surface area contributed by atoms with Gasteiger partial charge < -0.3 is 14.2 Å². The second-order valence-corrected chi connectivity index (χ2v) is 7.29. The summed E-state index contributed by atoms with van der Waals surface area (Å²) in [7, 11) is 0. The molecule has 1 saturated heterocycles. The normalized spacial score (nSPS) is 21.1. The van der Waals surface area contributed by atoms with Crippen LogP contribution in [0.3, 0.4) is 0 Å². The molecule has 0 radical (unpaired) electrons. The van der Waals surface area contributed by atoms with E-state index >= 15 is 0 Å². The van der Waals surface area contributed by atoms with Gasteiger partial charge in [-0.1, -0.05) is 36.6 Å². The highest BCUT2D eigenvalue weighted by atomic mass is 16.5. The van der Waals surface area contributed by atoms with Crippen LogP contribution in [0, 0.1) is 12.8 Å². The number of likely N-dealkylation sites (tertiary alicyclic amines) is 1. The van der Waals surface area contributed by atoms with Gasteiger partial charge in [-0.15, -0.1) is 0 Å². The highest BCUT2D eigenvalue weighted by Crippen LogP contribution is 2.31. The minimum Gasteiger partial charge on any atom is -0.488 e. The van der Waals surface area contributed by atoms with Gasteiger partial charge in [-0.2, -0.15) is 4.98 Å². The maximum absolute atomic E-state index is 12.7. The highest BCUT2D eigenvalue weighted by Gasteiger charge is 2.32. The van der Waals surface area contributed by atoms with Crippen LogP contribution in [0.2, 0.25) is 0 Å². The SMILES string of the molecule is Cc1noc(-c2ccccc2OC2CCN(C(=O)C3CCCCC3)C2)n1. The highest BCUT2D eigenvalue weighted by molar-refractivity contribution is 5.79. The molecule has 0 spiro atoms. The first kappa shape index (κ1) is 17.1. The largest absolute Gasteiger partial charge is 0.488 e. The lowest BCUT2D eigenvalue weighted by molar-refractivity contribution is -0.135. The number of aromatic nitrogens is 2. The smallest absolute Gasteiger partial charge is 0.261 e. The minimum atomic E-state index is 0.00714. The van der Waals surface area contributed by atoms with Gasteiger partial charge in [0.2, 0.25) is 5.91 Å². The number of hydrogen-bond donors (Lipinski definition) is 0. The van der Waals surface area contributed by atoms with Gasteiger partial charge in [0.05, 0.1) is 12.1 Å². The van der Waals surface area contributed by atoms with Crippen molar-refractivity contribution >= 4 is 5.91 Å². The molecule has 138 valence electrons. The zero-order valence-electron chi connectivity index (χ0n) is 15.2. The summed E-state index contributed by atoms with van der Waals surface area (Å²) in [5.41, 5.74) is 0.796. The van der Waals surface area contributed by atoms with Crippen molar-refractivity contribution in [3.05, 3.63) is 30.1 Å². The Hall–Kier alpha value is -2.37. The first-order valence-corrected chi connectivity index (χ1v) is 9.56. The van der Waals surface area contributed by atoms with E-state index in [4.69, 9.17) is 9.26 Å². The Morgan fingerprint density at radius 2 is 2.00 bits per heavy atom. The zero-order chi connectivity index (χ0) is 17.9. The van der Waals surface area contributed by atoms with Crippen molar-refractivity contribution in [3.63, 3.8) is 0 Å². The van der Waals surface area contributed by atoms with Gasteiger partial charge in [-0.25, -0.2) is 0 Å². The lowest BCUT2D eigenvalue weighted by Gasteiger charge is -2.26. The molecule has 2 aliphatic rings. The molecular weight excluding hydrogens is 330 g/mol. The predicted octanol–water partition coefficient (Wildman–Crippen LogP) is 3.61. The lowest BCUT2D eigenvalue weighted by Crippen LogP contribution is -2.36. The average Bonchev–Trinajstić information content (AvgIpc) is 3.31. The van der Waals surface area contributed by atoms with Crippen molar-refractivity contribution in [1.82, 2.24) is 15.0 Å². The summed E-state index contributed by atoms with van der Waals surface area (Å²) in [6.07, 6.45) is 6.58. The fraction of sp³-hybridized carbons (Fsp3) is 0.550. The van der Waals surface area contributed by atoms with Gasteiger partial charge in [0, 0.05) is 18.9 Å². The predicted molar refractivity (Wildman–Crippen MR) is 96.7 cm³/mol. The molecule has 2 fully saturated rings. The molecule has 1 aromatic heterocycles. The fourth-order valence-electron chi connectivity index (χ4n) is 3.96. The maximum Gasteiger partial charge on any atom is 0.261 e. The molecule has 1 unspecified atom stereocenters. The van der Waals surface area contributed by atoms with Gasteiger partial charge in [0.25, 0.3) is 5.89 Å². The summed E-state index contributed by atoms with van der Waals surface area (Å²) in [6.45, 7) is 3.23. The second kappa shape index (κ2) is 7.48. The van der Waals surface area contributed by atoms with Crippen molar-refractivity contribution in [3.8, 4) is 17.2 Å². The second-order valence-electron chi connectivity index (χ2n) is 7.29. The summed E-state index contributed by atoms with van der Waals surface area (Å²) >= 11 is 0. The van der Waals surface area contributed by atoms with Crippen LogP contribution < -0.4 is 4.74 Å². The molecule has 2 aromatic rings. The van der Waals surface area contributed by atoms with E-state index in [9.17, 15) is 4.79 Å². The van der Waals surface area contributed by atoms with E-state index in [0.29, 0.717) is 24.2 Å². The van der Waals surface area contributed by atoms with Gasteiger partial charge in [0.1, 0.15) is 11.9 Å². The Morgan fingerprint density at radius 3 is 2.77 bits per heavy atom. The Balaban J connectivity index is 1.42. The summed E-state index contributed by atoms with van der Waals surface area (Å²) in [5, 5.41) is 3.86. The van der Waals surface area contributed by atoms with Crippen LogP contribution in [-0.4, -0.2) is 40.1 Å². The standard InChI is InChI=1S/C20H25N3O3/c1-14-21-19(26-22-14)17-9-5-6-10-18(17)25-16-11-12-23(13-16)20(24)15-7-3-2-4-8-15/h5-6,9-10,15-16H,2-4,7-8,11-13H2,1H3. The van der Waals surface area contributed by atoms with Crippen LogP contribution in [-0.2, 0) is 4.79 Å². The van der Waals surface area contributed by atoms with Gasteiger partial charge in [-0.3, -0.25) is 4.79 Å². The maximum atomic E-state index is 12.7. The van der Waals surface area contributed by atoms with E-state index in [1.807, 2.05) is 29.2 Å². The Bertz CT molecular complexity index is 767. The molecule has 1 amide bonds. The molecule has 4 rings (SSSR count). The summed E-state index contributed by atoms with van der Waals surface area (Å²) < 4.78 is 11.5. The number of rotatable bonds is 4. The van der Waals surface area contributed by atoms with E-state index in [1.54, 1.807) is 6.92 Å². The fourth-order valence-corrected chi connectivity index (χ4v) is 3.96. The molecule has 1 saturated carbocycles. The van der Waals surface area contributed by atoms with Crippen molar-refractivity contribution in [2.75, 3.05) is 13.1 Å². The van der Waals surface area contributed by atoms with Gasteiger partial charge in [-0.05, 0) is 31.9 Å². The number of amides is 1. The van der Waals surface area contributed by atoms with E-state index in [-0.39, 0.29) is 12.0 Å². The molecule has 1 aromatic carbocycles. The van der Waals surface area contributed by atoms with Crippen molar-refractivity contribution in [2.45, 2.75) is 51.6 Å². The number of carbonyl (C=O) groups is 1. The zero-order valence-corrected chi connectivity index (χ0v) is 15.2. The third-order valence-electron chi connectivity index (χ3n) is 5.35. The Labute approximate surface area is 153 Å². The van der Waals surface area contributed by atoms with E-state index in [1.165, 1.54) is 19.3 Å². The third kappa shape index (κ3) is 3.59. The van der Waals surface area contributed by atoms with E-state index in [0.717, 1.165) is 37.1 Å². The van der Waals surface area contributed by atoms with Crippen LogP contribution >= 0.6 is 0 Å². The Kier molecular flexibility index (Phi) is 4.91. The first-order valence-electron chi connectivity index (χ1n) is 9.56. The van der Waals surface area contributed by atoms with Crippen molar-refractivity contribution in [1.29, 1.82) is 0 Å². The number of aryl methyl sites for hydroxylation is 1. The van der Waals surface area contributed by atoms with Crippen LogP contribution in [0.4, 0.5) is 0 Å². The van der Waals surface area contributed by atoms with Gasteiger partial charge in [0.15, 0.2) is 5.82 Å². The van der Waals surface area contributed by atoms with Crippen LogP contribution in [0.5, 0.6) is 5.75 Å². The van der Waals surface area contributed by atoms with Crippen LogP contribution in [0.1, 0.15) is 44.3 Å². The molecule has 1 atom stereocenters. The monoisotopic (exact) mass is 355 g/mol. The average molecular weight is 355 g/mol. The topological polar surface area (TPSA) is 68.5 Å². The molecular formula is C20H25N3O3. The molecule has 6 heteroatoms. The molecule has 0 bridgehead atoms.